The molecule has 0 unspecified atom stereocenters. The van der Waals surface area contributed by atoms with Crippen molar-refractivity contribution >= 4 is 6.08 Å². The SMILES string of the molecule is C=C(C=CC=Cc1ccccc1)CC. The van der Waals surface area contributed by atoms with Gasteiger partial charge >= 0.3 is 0 Å². The van der Waals surface area contributed by atoms with Crippen LogP contribution in [-0.2, 0) is 0 Å². The highest BCUT2D eigenvalue weighted by Crippen LogP contribution is 2.02. The Kier molecular flexibility index (Phi) is 4.49. The summed E-state index contributed by atoms with van der Waals surface area (Å²) < 4.78 is 0. The molecule has 1 rings (SSSR count). The minimum atomic E-state index is 1.01. The molecule has 0 radical (unpaired) electrons. The lowest BCUT2D eigenvalue weighted by Crippen LogP contribution is -1.68. The molecular weight excluding hydrogens is 168 g/mol. The molecule has 72 valence electrons. The standard InChI is InChI=1S/C14H16/c1-3-13(2)9-7-8-12-14-10-5-4-6-11-14/h4-12H,2-3H2,1H3. The first-order chi connectivity index (χ1) is 6.83. The number of hydrogen-bond acceptors (Lipinski definition) is 0. The highest BCUT2D eigenvalue weighted by Gasteiger charge is 1.81. The maximum Gasteiger partial charge on any atom is -0.0257 e. The fraction of sp³-hybridized carbons (Fsp3) is 0.143. The van der Waals surface area contributed by atoms with Gasteiger partial charge in [0.05, 0.1) is 0 Å². The molecule has 0 bridgehead atoms. The topological polar surface area (TPSA) is 0 Å². The average molecular weight is 184 g/mol. The zero-order chi connectivity index (χ0) is 10.2. The summed E-state index contributed by atoms with van der Waals surface area (Å²) in [4.78, 5) is 0. The Hall–Kier alpha value is -1.56. The second-order valence-corrected chi connectivity index (χ2v) is 3.14. The van der Waals surface area contributed by atoms with Gasteiger partial charge in [0.25, 0.3) is 0 Å². The fourth-order valence-electron chi connectivity index (χ4n) is 1.04. The molecule has 0 aliphatic carbocycles. The van der Waals surface area contributed by atoms with Crippen LogP contribution in [0, 0.1) is 0 Å². The van der Waals surface area contributed by atoms with Gasteiger partial charge in [0, 0.05) is 0 Å². The Labute approximate surface area is 86.3 Å². The molecule has 0 fully saturated rings. The third kappa shape index (κ3) is 3.90. The van der Waals surface area contributed by atoms with Crippen LogP contribution in [0.15, 0.2) is 60.7 Å². The van der Waals surface area contributed by atoms with Crippen LogP contribution in [-0.4, -0.2) is 0 Å². The maximum absolute atomic E-state index is 3.90. The summed E-state index contributed by atoms with van der Waals surface area (Å²) in [5.41, 5.74) is 2.38. The van der Waals surface area contributed by atoms with Crippen LogP contribution in [0.2, 0.25) is 0 Å². The van der Waals surface area contributed by atoms with E-state index in [1.807, 2.05) is 36.4 Å². The molecule has 0 heteroatoms. The van der Waals surface area contributed by atoms with Gasteiger partial charge in [0.1, 0.15) is 0 Å². The second-order valence-electron chi connectivity index (χ2n) is 3.14. The molecule has 0 saturated carbocycles. The average Bonchev–Trinajstić information content (AvgIpc) is 2.25. The Bertz CT molecular complexity index is 328. The van der Waals surface area contributed by atoms with Crippen molar-refractivity contribution in [2.75, 3.05) is 0 Å². The molecule has 0 aliphatic rings. The van der Waals surface area contributed by atoms with E-state index >= 15 is 0 Å². The first kappa shape index (κ1) is 10.5. The molecule has 0 heterocycles. The van der Waals surface area contributed by atoms with Crippen LogP contribution in [0.3, 0.4) is 0 Å². The van der Waals surface area contributed by atoms with Crippen LogP contribution in [0.25, 0.3) is 6.08 Å². The summed E-state index contributed by atoms with van der Waals surface area (Å²) in [6.45, 7) is 6.00. The van der Waals surface area contributed by atoms with E-state index in [1.54, 1.807) is 0 Å². The molecule has 0 N–H and O–H groups in total. The van der Waals surface area contributed by atoms with Gasteiger partial charge in [-0.25, -0.2) is 0 Å². The van der Waals surface area contributed by atoms with E-state index in [0.29, 0.717) is 0 Å². The van der Waals surface area contributed by atoms with Crippen LogP contribution in [0.4, 0.5) is 0 Å². The van der Waals surface area contributed by atoms with Crippen molar-refractivity contribution < 1.29 is 0 Å². The summed E-state index contributed by atoms with van der Waals surface area (Å²) in [5, 5.41) is 0. The van der Waals surface area contributed by atoms with Crippen molar-refractivity contribution in [2.45, 2.75) is 13.3 Å². The number of hydrogen-bond donors (Lipinski definition) is 0. The molecule has 0 atom stereocenters. The fourth-order valence-corrected chi connectivity index (χ4v) is 1.04. The summed E-state index contributed by atoms with van der Waals surface area (Å²) in [7, 11) is 0. The van der Waals surface area contributed by atoms with Gasteiger partial charge in [0.2, 0.25) is 0 Å². The van der Waals surface area contributed by atoms with Gasteiger partial charge < -0.3 is 0 Å². The van der Waals surface area contributed by atoms with E-state index in [0.717, 1.165) is 12.0 Å². The summed E-state index contributed by atoms with van der Waals surface area (Å²) in [6.07, 6.45) is 9.20. The Morgan fingerprint density at radius 3 is 2.57 bits per heavy atom. The highest BCUT2D eigenvalue weighted by atomic mass is 13.9. The van der Waals surface area contributed by atoms with Crippen molar-refractivity contribution in [1.29, 1.82) is 0 Å². The van der Waals surface area contributed by atoms with E-state index in [9.17, 15) is 0 Å². The van der Waals surface area contributed by atoms with Gasteiger partial charge in [-0.2, -0.15) is 0 Å². The Morgan fingerprint density at radius 1 is 1.21 bits per heavy atom. The largest absolute Gasteiger partial charge is 0.0958 e. The molecule has 0 aliphatic heterocycles. The van der Waals surface area contributed by atoms with Gasteiger partial charge in [-0.05, 0) is 12.0 Å². The normalized spacial score (nSPS) is 11.2. The Balaban J connectivity index is 2.50. The van der Waals surface area contributed by atoms with Crippen molar-refractivity contribution in [3.63, 3.8) is 0 Å². The monoisotopic (exact) mass is 184 g/mol. The zero-order valence-electron chi connectivity index (χ0n) is 8.61. The molecule has 0 spiro atoms. The quantitative estimate of drug-likeness (QED) is 0.614. The van der Waals surface area contributed by atoms with Crippen molar-refractivity contribution in [3.8, 4) is 0 Å². The van der Waals surface area contributed by atoms with Crippen LogP contribution in [0.1, 0.15) is 18.9 Å². The van der Waals surface area contributed by atoms with Crippen LogP contribution < -0.4 is 0 Å². The predicted molar refractivity (Wildman–Crippen MR) is 64.0 cm³/mol. The van der Waals surface area contributed by atoms with Gasteiger partial charge in [0.15, 0.2) is 0 Å². The number of benzene rings is 1. The molecule has 0 aromatic heterocycles. The van der Waals surface area contributed by atoms with E-state index in [2.05, 4.69) is 31.7 Å². The molecule has 1 aromatic carbocycles. The van der Waals surface area contributed by atoms with Gasteiger partial charge in [-0.3, -0.25) is 0 Å². The second kappa shape index (κ2) is 5.98. The third-order valence-electron chi connectivity index (χ3n) is 1.99. The van der Waals surface area contributed by atoms with Gasteiger partial charge in [-0.15, -0.1) is 0 Å². The van der Waals surface area contributed by atoms with Crippen LogP contribution in [0.5, 0.6) is 0 Å². The first-order valence-electron chi connectivity index (χ1n) is 4.90. The third-order valence-corrected chi connectivity index (χ3v) is 1.99. The minimum Gasteiger partial charge on any atom is -0.0958 e. The van der Waals surface area contributed by atoms with E-state index < -0.39 is 0 Å². The molecule has 0 saturated heterocycles. The lowest BCUT2D eigenvalue weighted by atomic mass is 10.2. The lowest BCUT2D eigenvalue weighted by molar-refractivity contribution is 1.16. The predicted octanol–water partition coefficient (Wildman–Crippen LogP) is 4.22. The highest BCUT2D eigenvalue weighted by molar-refractivity contribution is 5.50. The molecule has 0 amide bonds. The molecule has 14 heavy (non-hydrogen) atoms. The minimum absolute atomic E-state index is 1.01. The summed E-state index contributed by atoms with van der Waals surface area (Å²) in [5.74, 6) is 0. The van der Waals surface area contributed by atoms with Gasteiger partial charge in [-0.1, -0.05) is 73.7 Å². The lowest BCUT2D eigenvalue weighted by Gasteiger charge is -1.90. The maximum atomic E-state index is 3.90. The smallest absolute Gasteiger partial charge is 0.0257 e. The van der Waals surface area contributed by atoms with Crippen molar-refractivity contribution in [1.82, 2.24) is 0 Å². The van der Waals surface area contributed by atoms with E-state index in [-0.39, 0.29) is 0 Å². The molecule has 0 nitrogen and oxygen atoms in total. The van der Waals surface area contributed by atoms with E-state index in [1.165, 1.54) is 5.56 Å². The zero-order valence-corrected chi connectivity index (χ0v) is 8.61. The van der Waals surface area contributed by atoms with Crippen molar-refractivity contribution in [3.05, 3.63) is 66.3 Å². The molecule has 1 aromatic rings. The number of allylic oxidation sites excluding steroid dienone is 4. The Morgan fingerprint density at radius 2 is 1.93 bits per heavy atom. The molecular formula is C14H16. The summed E-state index contributed by atoms with van der Waals surface area (Å²) >= 11 is 0. The van der Waals surface area contributed by atoms with E-state index in [4.69, 9.17) is 0 Å². The number of rotatable bonds is 4. The van der Waals surface area contributed by atoms with Crippen molar-refractivity contribution in [2.24, 2.45) is 0 Å². The first-order valence-corrected chi connectivity index (χ1v) is 4.90. The summed E-state index contributed by atoms with van der Waals surface area (Å²) in [6, 6.07) is 10.3. The van der Waals surface area contributed by atoms with Crippen LogP contribution >= 0.6 is 0 Å².